The Labute approximate surface area is 156 Å². The second-order valence-corrected chi connectivity index (χ2v) is 7.31. The Balaban J connectivity index is 1.83. The number of benzene rings is 2. The summed E-state index contributed by atoms with van der Waals surface area (Å²) in [4.78, 5) is 4.92. The predicted octanol–water partition coefficient (Wildman–Crippen LogP) is 4.30. The van der Waals surface area contributed by atoms with Gasteiger partial charge < -0.3 is 9.47 Å². The molecule has 1 heterocycles. The zero-order chi connectivity index (χ0) is 17.8. The SMILES string of the molecule is COc1ccc2c(OCc3ccc(S(=O)C=N)cc3Br)ccnc2c1. The lowest BCUT2D eigenvalue weighted by Crippen LogP contribution is -1.99. The molecule has 0 bridgehead atoms. The minimum absolute atomic E-state index is 0.350. The van der Waals surface area contributed by atoms with Crippen LogP contribution < -0.4 is 9.47 Å². The number of nitrogens with zero attached hydrogens (tertiary/aromatic N) is 1. The standard InChI is InChI=1S/C18H15BrN2O3S/c1-23-13-3-5-15-17(8-13)21-7-6-18(15)24-10-12-2-4-14(9-16(12)19)25(22)11-20/h2-9,11,20H,10H2,1H3. The van der Waals surface area contributed by atoms with Crippen molar-refractivity contribution in [2.24, 2.45) is 0 Å². The van der Waals surface area contributed by atoms with E-state index in [-0.39, 0.29) is 0 Å². The van der Waals surface area contributed by atoms with E-state index in [9.17, 15) is 4.21 Å². The summed E-state index contributed by atoms with van der Waals surface area (Å²) in [5.41, 5.74) is 2.63. The van der Waals surface area contributed by atoms with Crippen molar-refractivity contribution in [3.8, 4) is 11.5 Å². The summed E-state index contributed by atoms with van der Waals surface area (Å²) in [6.45, 7) is 0.350. The molecule has 1 aromatic heterocycles. The molecule has 3 rings (SSSR count). The molecule has 3 aromatic rings. The van der Waals surface area contributed by atoms with Gasteiger partial charge in [-0.3, -0.25) is 10.4 Å². The van der Waals surface area contributed by atoms with Gasteiger partial charge in [0, 0.05) is 32.6 Å². The van der Waals surface area contributed by atoms with E-state index in [1.165, 1.54) is 0 Å². The fourth-order valence-corrected chi connectivity index (χ4v) is 3.57. The number of fused-ring (bicyclic) bond motifs is 1. The third kappa shape index (κ3) is 3.88. The molecule has 1 atom stereocenters. The van der Waals surface area contributed by atoms with E-state index in [2.05, 4.69) is 20.9 Å². The molecule has 0 radical (unpaired) electrons. The van der Waals surface area contributed by atoms with Crippen LogP contribution in [-0.2, 0) is 17.4 Å². The fraction of sp³-hybridized carbons (Fsp3) is 0.111. The Kier molecular flexibility index (Phi) is 5.45. The van der Waals surface area contributed by atoms with E-state index in [0.717, 1.165) is 38.0 Å². The van der Waals surface area contributed by atoms with Crippen LogP contribution in [0.25, 0.3) is 10.9 Å². The van der Waals surface area contributed by atoms with Gasteiger partial charge in [-0.1, -0.05) is 22.0 Å². The maximum absolute atomic E-state index is 11.7. The Morgan fingerprint density at radius 1 is 1.24 bits per heavy atom. The van der Waals surface area contributed by atoms with Crippen molar-refractivity contribution in [2.45, 2.75) is 11.5 Å². The maximum atomic E-state index is 11.7. The quantitative estimate of drug-likeness (QED) is 0.478. The highest BCUT2D eigenvalue weighted by molar-refractivity contribution is 9.10. The Hall–Kier alpha value is -2.25. The van der Waals surface area contributed by atoms with Crippen molar-refractivity contribution in [2.75, 3.05) is 7.11 Å². The average molecular weight is 419 g/mol. The van der Waals surface area contributed by atoms with Crippen LogP contribution in [0.2, 0.25) is 0 Å². The van der Waals surface area contributed by atoms with Crippen molar-refractivity contribution in [3.63, 3.8) is 0 Å². The number of hydrogen-bond acceptors (Lipinski definition) is 5. The van der Waals surface area contributed by atoms with Crippen molar-refractivity contribution in [1.29, 1.82) is 5.41 Å². The molecule has 2 aromatic carbocycles. The zero-order valence-corrected chi connectivity index (χ0v) is 15.8. The Morgan fingerprint density at radius 2 is 2.08 bits per heavy atom. The first-order valence-corrected chi connectivity index (χ1v) is 9.38. The second kappa shape index (κ2) is 7.76. The molecule has 0 saturated carbocycles. The molecule has 1 N–H and O–H groups in total. The number of hydrogen-bond donors (Lipinski definition) is 1. The number of aromatic nitrogens is 1. The van der Waals surface area contributed by atoms with Gasteiger partial charge in [0.15, 0.2) is 0 Å². The number of nitrogens with one attached hydrogen (secondary N) is 1. The molecular formula is C18H15BrN2O3S. The van der Waals surface area contributed by atoms with Crippen LogP contribution in [-0.4, -0.2) is 21.8 Å². The summed E-state index contributed by atoms with van der Waals surface area (Å²) in [6.07, 6.45) is 1.70. The van der Waals surface area contributed by atoms with Crippen molar-refractivity contribution < 1.29 is 13.7 Å². The summed E-state index contributed by atoms with van der Waals surface area (Å²) >= 11 is 3.47. The van der Waals surface area contributed by atoms with Gasteiger partial charge in [-0.2, -0.15) is 0 Å². The number of pyridine rings is 1. The summed E-state index contributed by atoms with van der Waals surface area (Å²) in [5, 5.41) is 7.99. The van der Waals surface area contributed by atoms with E-state index in [1.807, 2.05) is 30.3 Å². The Bertz CT molecular complexity index is 962. The van der Waals surface area contributed by atoms with Crippen LogP contribution in [0.4, 0.5) is 0 Å². The summed E-state index contributed by atoms with van der Waals surface area (Å²) < 4.78 is 23.6. The lowest BCUT2D eigenvalue weighted by Gasteiger charge is -2.11. The monoisotopic (exact) mass is 418 g/mol. The van der Waals surface area contributed by atoms with Crippen molar-refractivity contribution in [1.82, 2.24) is 4.98 Å². The van der Waals surface area contributed by atoms with Crippen LogP contribution in [0, 0.1) is 5.41 Å². The summed E-state index contributed by atoms with van der Waals surface area (Å²) in [7, 11) is 0.199. The molecule has 0 saturated heterocycles. The molecule has 0 fully saturated rings. The summed E-state index contributed by atoms with van der Waals surface area (Å²) in [5.74, 6) is 1.47. The van der Waals surface area contributed by atoms with Gasteiger partial charge in [0.1, 0.15) is 18.1 Å². The van der Waals surface area contributed by atoms with Crippen molar-refractivity contribution >= 4 is 43.2 Å². The predicted molar refractivity (Wildman–Crippen MR) is 102 cm³/mol. The normalized spacial score (nSPS) is 11.9. The topological polar surface area (TPSA) is 72.3 Å². The molecule has 0 aliphatic rings. The lowest BCUT2D eigenvalue weighted by atomic mass is 10.2. The molecule has 1 unspecified atom stereocenters. The van der Waals surface area contributed by atoms with E-state index in [1.54, 1.807) is 25.4 Å². The first kappa shape index (κ1) is 17.6. The molecule has 0 amide bonds. The number of rotatable bonds is 6. The van der Waals surface area contributed by atoms with Gasteiger partial charge in [-0.25, -0.2) is 4.21 Å². The van der Waals surface area contributed by atoms with E-state index in [4.69, 9.17) is 14.9 Å². The van der Waals surface area contributed by atoms with Crippen molar-refractivity contribution in [3.05, 3.63) is 58.7 Å². The van der Waals surface area contributed by atoms with E-state index >= 15 is 0 Å². The minimum Gasteiger partial charge on any atom is -0.497 e. The third-order valence-electron chi connectivity index (χ3n) is 3.66. The molecule has 7 heteroatoms. The van der Waals surface area contributed by atoms with Crippen LogP contribution in [0.5, 0.6) is 11.5 Å². The third-order valence-corrected chi connectivity index (χ3v) is 5.33. The molecule has 0 aliphatic carbocycles. The largest absolute Gasteiger partial charge is 0.497 e. The zero-order valence-electron chi connectivity index (χ0n) is 13.4. The smallest absolute Gasteiger partial charge is 0.130 e. The van der Waals surface area contributed by atoms with Gasteiger partial charge in [0.25, 0.3) is 0 Å². The fourth-order valence-electron chi connectivity index (χ4n) is 2.35. The first-order valence-electron chi connectivity index (χ1n) is 7.37. The highest BCUT2D eigenvalue weighted by atomic mass is 79.9. The maximum Gasteiger partial charge on any atom is 0.130 e. The van der Waals surface area contributed by atoms with Gasteiger partial charge in [0.05, 0.1) is 29.0 Å². The van der Waals surface area contributed by atoms with Gasteiger partial charge in [0.2, 0.25) is 0 Å². The Morgan fingerprint density at radius 3 is 2.80 bits per heavy atom. The lowest BCUT2D eigenvalue weighted by molar-refractivity contribution is 0.309. The first-order chi connectivity index (χ1) is 12.1. The number of methoxy groups -OCH3 is 1. The van der Waals surface area contributed by atoms with Crippen LogP contribution >= 0.6 is 15.9 Å². The molecule has 5 nitrogen and oxygen atoms in total. The van der Waals surface area contributed by atoms with Gasteiger partial charge in [-0.05, 0) is 30.3 Å². The van der Waals surface area contributed by atoms with Gasteiger partial charge in [-0.15, -0.1) is 0 Å². The number of ether oxygens (including phenoxy) is 2. The van der Waals surface area contributed by atoms with E-state index in [0.29, 0.717) is 11.5 Å². The van der Waals surface area contributed by atoms with Crippen LogP contribution in [0.1, 0.15) is 5.56 Å². The molecular weight excluding hydrogens is 404 g/mol. The molecule has 0 aliphatic heterocycles. The summed E-state index contributed by atoms with van der Waals surface area (Å²) in [6, 6.07) is 12.8. The highest BCUT2D eigenvalue weighted by Crippen LogP contribution is 2.29. The number of halogens is 1. The van der Waals surface area contributed by atoms with Crippen LogP contribution in [0.3, 0.4) is 0 Å². The highest BCUT2D eigenvalue weighted by Gasteiger charge is 2.08. The van der Waals surface area contributed by atoms with Crippen LogP contribution in [0.15, 0.2) is 58.0 Å². The molecule has 0 spiro atoms. The molecule has 128 valence electrons. The molecule has 25 heavy (non-hydrogen) atoms. The van der Waals surface area contributed by atoms with Gasteiger partial charge >= 0.3 is 0 Å². The van der Waals surface area contributed by atoms with E-state index < -0.39 is 10.8 Å². The second-order valence-electron chi connectivity index (χ2n) is 5.15. The average Bonchev–Trinajstić information content (AvgIpc) is 2.65. The minimum atomic E-state index is -1.42.